The second-order valence-electron chi connectivity index (χ2n) is 4.63. The van der Waals surface area contributed by atoms with Crippen molar-refractivity contribution >= 4 is 11.3 Å². The summed E-state index contributed by atoms with van der Waals surface area (Å²) in [7, 11) is 2.17. The van der Waals surface area contributed by atoms with Crippen molar-refractivity contribution in [3.63, 3.8) is 0 Å². The van der Waals surface area contributed by atoms with Crippen LogP contribution in [0.3, 0.4) is 0 Å². The molecule has 0 radical (unpaired) electrons. The second-order valence-corrected chi connectivity index (χ2v) is 5.61. The van der Waals surface area contributed by atoms with Crippen LogP contribution in [0, 0.1) is 0 Å². The lowest BCUT2D eigenvalue weighted by Gasteiger charge is -2.23. The maximum absolute atomic E-state index is 5.60. The minimum atomic E-state index is 0.458. The first-order valence-corrected chi connectivity index (χ1v) is 7.10. The van der Waals surface area contributed by atoms with Gasteiger partial charge < -0.3 is 5.73 Å². The van der Waals surface area contributed by atoms with Gasteiger partial charge in [-0.3, -0.25) is 4.90 Å². The molecule has 0 bridgehead atoms. The van der Waals surface area contributed by atoms with Gasteiger partial charge in [-0.2, -0.15) is 0 Å². The smallest absolute Gasteiger partial charge is 0.0413 e. The van der Waals surface area contributed by atoms with Crippen molar-refractivity contribution in [3.05, 3.63) is 57.8 Å². The van der Waals surface area contributed by atoms with Crippen LogP contribution >= 0.6 is 11.3 Å². The normalized spacial score (nSPS) is 12.9. The predicted molar refractivity (Wildman–Crippen MR) is 78.5 cm³/mol. The highest BCUT2D eigenvalue weighted by Crippen LogP contribution is 2.24. The summed E-state index contributed by atoms with van der Waals surface area (Å²) in [4.78, 5) is 3.78. The summed E-state index contributed by atoms with van der Waals surface area (Å²) in [5, 5.41) is 2.13. The maximum atomic E-state index is 5.60. The summed E-state index contributed by atoms with van der Waals surface area (Å²) in [6, 6.07) is 13.3. The molecule has 0 aliphatic rings. The van der Waals surface area contributed by atoms with Gasteiger partial charge in [0.25, 0.3) is 0 Å². The van der Waals surface area contributed by atoms with Gasteiger partial charge in [-0.1, -0.05) is 30.3 Å². The third-order valence-electron chi connectivity index (χ3n) is 3.31. The molecule has 0 saturated heterocycles. The Hall–Kier alpha value is -1.16. The van der Waals surface area contributed by atoms with Crippen LogP contribution in [0.2, 0.25) is 0 Å². The van der Waals surface area contributed by atoms with Gasteiger partial charge in [0.05, 0.1) is 0 Å². The van der Waals surface area contributed by atoms with Gasteiger partial charge in [0.1, 0.15) is 0 Å². The number of hydrogen-bond acceptors (Lipinski definition) is 3. The Morgan fingerprint density at radius 1 is 1.17 bits per heavy atom. The van der Waals surface area contributed by atoms with E-state index in [1.54, 1.807) is 0 Å². The Kier molecular flexibility index (Phi) is 4.53. The van der Waals surface area contributed by atoms with Crippen molar-refractivity contribution in [2.75, 3.05) is 7.05 Å². The van der Waals surface area contributed by atoms with Crippen molar-refractivity contribution in [2.24, 2.45) is 5.73 Å². The lowest BCUT2D eigenvalue weighted by Crippen LogP contribution is -2.21. The molecule has 0 fully saturated rings. The summed E-state index contributed by atoms with van der Waals surface area (Å²) in [6.07, 6.45) is 0. The number of nitrogens with zero attached hydrogens (tertiary/aromatic N) is 1. The highest BCUT2D eigenvalue weighted by Gasteiger charge is 2.12. The molecule has 0 saturated carbocycles. The average molecular weight is 260 g/mol. The number of benzene rings is 1. The molecule has 2 rings (SSSR count). The third kappa shape index (κ3) is 3.19. The average Bonchev–Trinajstić information content (AvgIpc) is 2.92. The highest BCUT2D eigenvalue weighted by atomic mass is 32.1. The molecule has 2 nitrogen and oxygen atoms in total. The first kappa shape index (κ1) is 13.3. The molecule has 0 spiro atoms. The fourth-order valence-corrected chi connectivity index (χ4v) is 2.80. The zero-order chi connectivity index (χ0) is 13.0. The van der Waals surface area contributed by atoms with Gasteiger partial charge in [-0.25, -0.2) is 0 Å². The summed E-state index contributed by atoms with van der Waals surface area (Å²) < 4.78 is 0. The highest BCUT2D eigenvalue weighted by molar-refractivity contribution is 7.10. The quantitative estimate of drug-likeness (QED) is 0.892. The Labute approximate surface area is 113 Å². The van der Waals surface area contributed by atoms with E-state index in [0.717, 1.165) is 6.54 Å². The molecule has 1 aromatic carbocycles. The van der Waals surface area contributed by atoms with Crippen LogP contribution in [0.1, 0.15) is 29.0 Å². The summed E-state index contributed by atoms with van der Waals surface area (Å²) >= 11 is 1.82. The van der Waals surface area contributed by atoms with E-state index in [1.807, 2.05) is 11.3 Å². The van der Waals surface area contributed by atoms with Crippen LogP contribution in [0.4, 0.5) is 0 Å². The van der Waals surface area contributed by atoms with E-state index in [9.17, 15) is 0 Å². The molecule has 1 atom stereocenters. The van der Waals surface area contributed by atoms with Crippen molar-refractivity contribution in [3.8, 4) is 0 Å². The number of hydrogen-bond donors (Lipinski definition) is 1. The van der Waals surface area contributed by atoms with Crippen LogP contribution in [0.15, 0.2) is 41.8 Å². The lowest BCUT2D eigenvalue weighted by atomic mass is 10.1. The molecule has 1 aromatic heterocycles. The lowest BCUT2D eigenvalue weighted by molar-refractivity contribution is 0.256. The van der Waals surface area contributed by atoms with E-state index in [-0.39, 0.29) is 0 Å². The van der Waals surface area contributed by atoms with Gasteiger partial charge in [0, 0.05) is 24.0 Å². The van der Waals surface area contributed by atoms with Gasteiger partial charge >= 0.3 is 0 Å². The van der Waals surface area contributed by atoms with E-state index >= 15 is 0 Å². The molecule has 0 amide bonds. The Morgan fingerprint density at radius 3 is 2.39 bits per heavy atom. The van der Waals surface area contributed by atoms with Crippen molar-refractivity contribution in [1.82, 2.24) is 4.90 Å². The van der Waals surface area contributed by atoms with E-state index in [2.05, 4.69) is 60.6 Å². The molecule has 0 aliphatic carbocycles. The van der Waals surface area contributed by atoms with Gasteiger partial charge in [0.2, 0.25) is 0 Å². The van der Waals surface area contributed by atoms with E-state index < -0.39 is 0 Å². The van der Waals surface area contributed by atoms with E-state index in [4.69, 9.17) is 5.73 Å². The van der Waals surface area contributed by atoms with Crippen molar-refractivity contribution in [1.29, 1.82) is 0 Å². The van der Waals surface area contributed by atoms with Gasteiger partial charge in [-0.15, -0.1) is 11.3 Å². The third-order valence-corrected chi connectivity index (χ3v) is 4.35. The molecule has 2 aromatic rings. The molecule has 3 heteroatoms. The number of thiophene rings is 1. The molecular formula is C15H20N2S. The minimum absolute atomic E-state index is 0.458. The fraction of sp³-hybridized carbons (Fsp3) is 0.333. The van der Waals surface area contributed by atoms with Crippen molar-refractivity contribution in [2.45, 2.75) is 26.1 Å². The standard InChI is InChI=1S/C15H20N2S/c1-12(15-4-3-9-18-15)17(2)11-14-7-5-13(10-16)6-8-14/h3-9,12H,10-11,16H2,1-2H3. The van der Waals surface area contributed by atoms with Crippen LogP contribution in [-0.4, -0.2) is 11.9 Å². The molecule has 0 aliphatic heterocycles. The zero-order valence-electron chi connectivity index (χ0n) is 11.0. The maximum Gasteiger partial charge on any atom is 0.0413 e. The summed E-state index contributed by atoms with van der Waals surface area (Å²) in [5.74, 6) is 0. The number of nitrogens with two attached hydrogens (primary N) is 1. The Morgan fingerprint density at radius 2 is 1.83 bits per heavy atom. The number of rotatable bonds is 5. The molecule has 1 unspecified atom stereocenters. The van der Waals surface area contributed by atoms with E-state index in [1.165, 1.54) is 16.0 Å². The van der Waals surface area contributed by atoms with Crippen LogP contribution in [-0.2, 0) is 13.1 Å². The topological polar surface area (TPSA) is 29.3 Å². The molecule has 96 valence electrons. The first-order valence-electron chi connectivity index (χ1n) is 6.22. The van der Waals surface area contributed by atoms with E-state index in [0.29, 0.717) is 12.6 Å². The molecule has 1 heterocycles. The Bertz CT molecular complexity index is 462. The van der Waals surface area contributed by atoms with Gasteiger partial charge in [-0.05, 0) is 36.5 Å². The van der Waals surface area contributed by atoms with Crippen LogP contribution in [0.5, 0.6) is 0 Å². The van der Waals surface area contributed by atoms with Crippen LogP contribution < -0.4 is 5.73 Å². The molecular weight excluding hydrogens is 240 g/mol. The Balaban J connectivity index is 1.99. The molecule has 18 heavy (non-hydrogen) atoms. The predicted octanol–water partition coefficient (Wildman–Crippen LogP) is 3.40. The monoisotopic (exact) mass is 260 g/mol. The SMILES string of the molecule is CC(c1cccs1)N(C)Cc1ccc(CN)cc1. The zero-order valence-corrected chi connectivity index (χ0v) is 11.8. The van der Waals surface area contributed by atoms with Crippen LogP contribution in [0.25, 0.3) is 0 Å². The first-order chi connectivity index (χ1) is 8.70. The minimum Gasteiger partial charge on any atom is -0.326 e. The fourth-order valence-electron chi connectivity index (χ4n) is 1.95. The molecule has 2 N–H and O–H groups in total. The second kappa shape index (κ2) is 6.14. The van der Waals surface area contributed by atoms with Gasteiger partial charge in [0.15, 0.2) is 0 Å². The summed E-state index contributed by atoms with van der Waals surface area (Å²) in [6.45, 7) is 3.83. The largest absolute Gasteiger partial charge is 0.326 e. The summed E-state index contributed by atoms with van der Waals surface area (Å²) in [5.41, 5.74) is 8.12. The van der Waals surface area contributed by atoms with Crippen molar-refractivity contribution < 1.29 is 0 Å².